The number of benzene rings is 2. The van der Waals surface area contributed by atoms with Crippen LogP contribution >= 0.6 is 0 Å². The van der Waals surface area contributed by atoms with Gasteiger partial charge in [0.25, 0.3) is 5.91 Å². The van der Waals surface area contributed by atoms with Gasteiger partial charge in [-0.05, 0) is 50.2 Å². The predicted molar refractivity (Wildman–Crippen MR) is 105 cm³/mol. The standard InChI is InChI=1S/C21H24N2O4/c1-15(24)17-4-3-5-20(14-17)27-16(2)21(25)22-18-6-8-19(9-7-18)23-10-12-26-13-11-23/h3-9,14,16H,10-13H2,1-2H3,(H,22,25)/t16-/m1/s1. The summed E-state index contributed by atoms with van der Waals surface area (Å²) in [5.41, 5.74) is 2.38. The highest BCUT2D eigenvalue weighted by molar-refractivity contribution is 5.95. The van der Waals surface area contributed by atoms with Crippen LogP contribution in [0.2, 0.25) is 0 Å². The molecule has 1 aliphatic heterocycles. The Morgan fingerprint density at radius 3 is 2.48 bits per heavy atom. The lowest BCUT2D eigenvalue weighted by atomic mass is 10.1. The highest BCUT2D eigenvalue weighted by Gasteiger charge is 2.16. The van der Waals surface area contributed by atoms with E-state index < -0.39 is 6.10 Å². The zero-order chi connectivity index (χ0) is 19.2. The van der Waals surface area contributed by atoms with E-state index in [0.717, 1.165) is 32.0 Å². The van der Waals surface area contributed by atoms with E-state index in [1.807, 2.05) is 24.3 Å². The Hall–Kier alpha value is -2.86. The van der Waals surface area contributed by atoms with Crippen LogP contribution in [-0.4, -0.2) is 44.1 Å². The Morgan fingerprint density at radius 1 is 1.11 bits per heavy atom. The highest BCUT2D eigenvalue weighted by Crippen LogP contribution is 2.20. The normalized spacial score (nSPS) is 15.1. The van der Waals surface area contributed by atoms with Crippen molar-refractivity contribution in [3.05, 3.63) is 54.1 Å². The first kappa shape index (κ1) is 18.9. The van der Waals surface area contributed by atoms with E-state index in [9.17, 15) is 9.59 Å². The molecule has 1 aliphatic rings. The second-order valence-electron chi connectivity index (χ2n) is 6.48. The first-order chi connectivity index (χ1) is 13.0. The molecule has 2 aromatic rings. The Labute approximate surface area is 159 Å². The average Bonchev–Trinajstić information content (AvgIpc) is 2.69. The number of rotatable bonds is 6. The molecule has 1 amide bonds. The van der Waals surface area contributed by atoms with Crippen LogP contribution in [0.5, 0.6) is 5.75 Å². The van der Waals surface area contributed by atoms with Crippen LogP contribution < -0.4 is 15.0 Å². The van der Waals surface area contributed by atoms with Crippen molar-refractivity contribution in [3.8, 4) is 5.75 Å². The van der Waals surface area contributed by atoms with Crippen LogP contribution in [0, 0.1) is 0 Å². The average molecular weight is 368 g/mol. The van der Waals surface area contributed by atoms with Gasteiger partial charge in [-0.25, -0.2) is 0 Å². The van der Waals surface area contributed by atoms with Crippen LogP contribution in [0.3, 0.4) is 0 Å². The molecule has 27 heavy (non-hydrogen) atoms. The van der Waals surface area contributed by atoms with Crippen molar-refractivity contribution in [1.82, 2.24) is 0 Å². The number of nitrogens with one attached hydrogen (secondary N) is 1. The molecular formula is C21H24N2O4. The Morgan fingerprint density at radius 2 is 1.81 bits per heavy atom. The molecule has 0 unspecified atom stereocenters. The number of nitrogens with zero attached hydrogens (tertiary/aromatic N) is 1. The molecule has 0 radical (unpaired) electrons. The number of anilines is 2. The summed E-state index contributed by atoms with van der Waals surface area (Å²) >= 11 is 0. The third-order valence-corrected chi connectivity index (χ3v) is 4.43. The third kappa shape index (κ3) is 5.08. The first-order valence-electron chi connectivity index (χ1n) is 9.04. The molecule has 142 valence electrons. The monoisotopic (exact) mass is 368 g/mol. The van der Waals surface area contributed by atoms with Crippen molar-refractivity contribution in [3.63, 3.8) is 0 Å². The van der Waals surface area contributed by atoms with Gasteiger partial charge in [0, 0.05) is 30.0 Å². The molecule has 1 fully saturated rings. The summed E-state index contributed by atoms with van der Waals surface area (Å²) in [4.78, 5) is 26.1. The zero-order valence-electron chi connectivity index (χ0n) is 15.6. The smallest absolute Gasteiger partial charge is 0.265 e. The largest absolute Gasteiger partial charge is 0.481 e. The van der Waals surface area contributed by atoms with Crippen molar-refractivity contribution in [1.29, 1.82) is 0 Å². The van der Waals surface area contributed by atoms with Gasteiger partial charge in [-0.15, -0.1) is 0 Å². The van der Waals surface area contributed by atoms with Gasteiger partial charge in [0.1, 0.15) is 5.75 Å². The fourth-order valence-corrected chi connectivity index (χ4v) is 2.87. The lowest BCUT2D eigenvalue weighted by Gasteiger charge is -2.29. The minimum absolute atomic E-state index is 0.0436. The van der Waals surface area contributed by atoms with Gasteiger partial charge in [0.05, 0.1) is 13.2 Å². The van der Waals surface area contributed by atoms with Crippen LogP contribution in [0.25, 0.3) is 0 Å². The molecule has 0 spiro atoms. The lowest BCUT2D eigenvalue weighted by molar-refractivity contribution is -0.122. The number of hydrogen-bond acceptors (Lipinski definition) is 5. The van der Waals surface area contributed by atoms with Crippen LogP contribution in [0.15, 0.2) is 48.5 Å². The van der Waals surface area contributed by atoms with Gasteiger partial charge in [0.15, 0.2) is 11.9 Å². The summed E-state index contributed by atoms with van der Waals surface area (Å²) in [5, 5.41) is 2.86. The molecule has 0 saturated carbocycles. The highest BCUT2D eigenvalue weighted by atomic mass is 16.5. The topological polar surface area (TPSA) is 67.9 Å². The van der Waals surface area contributed by atoms with Crippen molar-refractivity contribution >= 4 is 23.1 Å². The summed E-state index contributed by atoms with van der Waals surface area (Å²) < 4.78 is 11.0. The van der Waals surface area contributed by atoms with Crippen LogP contribution in [0.1, 0.15) is 24.2 Å². The molecule has 1 N–H and O–H groups in total. The Bertz CT molecular complexity index is 798. The van der Waals surface area contributed by atoms with E-state index >= 15 is 0 Å². The van der Waals surface area contributed by atoms with E-state index in [-0.39, 0.29) is 11.7 Å². The maximum Gasteiger partial charge on any atom is 0.265 e. The van der Waals surface area contributed by atoms with E-state index in [1.54, 1.807) is 31.2 Å². The summed E-state index contributed by atoms with van der Waals surface area (Å²) in [6.45, 7) is 6.38. The number of Topliss-reactive ketones (excluding diaryl/α,β-unsaturated/α-hetero) is 1. The maximum absolute atomic E-state index is 12.4. The van der Waals surface area contributed by atoms with Gasteiger partial charge >= 0.3 is 0 Å². The zero-order valence-corrected chi connectivity index (χ0v) is 15.6. The molecule has 6 nitrogen and oxygen atoms in total. The number of hydrogen-bond donors (Lipinski definition) is 1. The molecule has 0 aliphatic carbocycles. The number of carbonyl (C=O) groups excluding carboxylic acids is 2. The fraction of sp³-hybridized carbons (Fsp3) is 0.333. The molecule has 3 rings (SSSR count). The van der Waals surface area contributed by atoms with Gasteiger partial charge in [0.2, 0.25) is 0 Å². The molecule has 6 heteroatoms. The van der Waals surface area contributed by atoms with E-state index in [4.69, 9.17) is 9.47 Å². The number of ether oxygens (including phenoxy) is 2. The van der Waals surface area contributed by atoms with Crippen LogP contribution in [-0.2, 0) is 9.53 Å². The summed E-state index contributed by atoms with van der Waals surface area (Å²) in [7, 11) is 0. The minimum atomic E-state index is -0.689. The predicted octanol–water partition coefficient (Wildman–Crippen LogP) is 3.13. The molecule has 1 heterocycles. The van der Waals surface area contributed by atoms with Gasteiger partial charge in [-0.3, -0.25) is 9.59 Å². The number of amides is 1. The second kappa shape index (κ2) is 8.68. The Balaban J connectivity index is 1.57. The van der Waals surface area contributed by atoms with Crippen molar-refractivity contribution in [2.45, 2.75) is 20.0 Å². The Kier molecular flexibility index (Phi) is 6.08. The van der Waals surface area contributed by atoms with Gasteiger partial charge in [-0.2, -0.15) is 0 Å². The SMILES string of the molecule is CC(=O)c1cccc(O[C@H](C)C(=O)Nc2ccc(N3CCOCC3)cc2)c1. The first-order valence-corrected chi connectivity index (χ1v) is 9.04. The second-order valence-corrected chi connectivity index (χ2v) is 6.48. The lowest BCUT2D eigenvalue weighted by Crippen LogP contribution is -2.36. The third-order valence-electron chi connectivity index (χ3n) is 4.43. The minimum Gasteiger partial charge on any atom is -0.481 e. The molecule has 0 bridgehead atoms. The molecule has 2 aromatic carbocycles. The molecule has 1 saturated heterocycles. The van der Waals surface area contributed by atoms with Crippen LogP contribution in [0.4, 0.5) is 11.4 Å². The van der Waals surface area contributed by atoms with Crippen molar-refractivity contribution in [2.75, 3.05) is 36.5 Å². The van der Waals surface area contributed by atoms with Crippen molar-refractivity contribution < 1.29 is 19.1 Å². The van der Waals surface area contributed by atoms with Gasteiger partial charge < -0.3 is 19.7 Å². The van der Waals surface area contributed by atoms with Gasteiger partial charge in [-0.1, -0.05) is 12.1 Å². The summed E-state index contributed by atoms with van der Waals surface area (Å²) in [5.74, 6) is 0.202. The number of carbonyl (C=O) groups is 2. The van der Waals surface area contributed by atoms with E-state index in [2.05, 4.69) is 10.2 Å². The number of morpholine rings is 1. The molecular weight excluding hydrogens is 344 g/mol. The fourth-order valence-electron chi connectivity index (χ4n) is 2.87. The molecule has 1 atom stereocenters. The summed E-state index contributed by atoms with van der Waals surface area (Å²) in [6.07, 6.45) is -0.689. The van der Waals surface area contributed by atoms with Crippen molar-refractivity contribution in [2.24, 2.45) is 0 Å². The maximum atomic E-state index is 12.4. The summed E-state index contributed by atoms with van der Waals surface area (Å²) in [6, 6.07) is 14.6. The van der Waals surface area contributed by atoms with E-state index in [1.165, 1.54) is 6.92 Å². The molecule has 0 aromatic heterocycles. The number of ketones is 1. The quantitative estimate of drug-likeness (QED) is 0.794. The van der Waals surface area contributed by atoms with E-state index in [0.29, 0.717) is 17.0 Å².